The van der Waals surface area contributed by atoms with Gasteiger partial charge in [-0.2, -0.15) is 18.3 Å². The summed E-state index contributed by atoms with van der Waals surface area (Å²) in [5.74, 6) is 0.723. The molecule has 1 aromatic carbocycles. The Labute approximate surface area is 113 Å². The maximum atomic E-state index is 12.6. The molecule has 2 heterocycles. The topological polar surface area (TPSA) is 55.9 Å². The first-order chi connectivity index (χ1) is 9.47. The largest absolute Gasteiger partial charge is 0.416 e. The molecule has 1 atom stereocenters. The van der Waals surface area contributed by atoms with Crippen LogP contribution in [0.25, 0.3) is 0 Å². The normalized spacial score (nSPS) is 18.4. The van der Waals surface area contributed by atoms with Crippen molar-refractivity contribution in [3.8, 4) is 0 Å². The van der Waals surface area contributed by atoms with Crippen LogP contribution in [0.15, 0.2) is 30.5 Å². The van der Waals surface area contributed by atoms with Crippen molar-refractivity contribution in [3.05, 3.63) is 41.6 Å². The van der Waals surface area contributed by atoms with E-state index in [0.29, 0.717) is 12.2 Å². The van der Waals surface area contributed by atoms with Crippen LogP contribution in [0.1, 0.15) is 23.6 Å². The number of alkyl halides is 3. The summed E-state index contributed by atoms with van der Waals surface area (Å²) < 4.78 is 39.4. The maximum Gasteiger partial charge on any atom is 0.416 e. The minimum absolute atomic E-state index is 0.0918. The first-order valence-electron chi connectivity index (χ1n) is 6.21. The minimum atomic E-state index is -4.31. The fraction of sp³-hybridized carbons (Fsp3) is 0.308. The smallest absolute Gasteiger partial charge is 0.394 e. The van der Waals surface area contributed by atoms with E-state index in [0.717, 1.165) is 29.9 Å². The summed E-state index contributed by atoms with van der Waals surface area (Å²) in [4.78, 5) is 0. The average Bonchev–Trinajstić information content (AvgIpc) is 2.80. The minimum Gasteiger partial charge on any atom is -0.394 e. The second-order valence-electron chi connectivity index (χ2n) is 4.74. The molecule has 7 heteroatoms. The molecule has 1 unspecified atom stereocenters. The lowest BCUT2D eigenvalue weighted by Gasteiger charge is -2.26. The molecule has 0 spiro atoms. The van der Waals surface area contributed by atoms with Crippen LogP contribution in [0, 0.1) is 0 Å². The van der Waals surface area contributed by atoms with E-state index in [9.17, 15) is 13.2 Å². The second-order valence-corrected chi connectivity index (χ2v) is 4.74. The molecule has 0 saturated heterocycles. The lowest BCUT2D eigenvalue weighted by Crippen LogP contribution is -2.24. The molecule has 0 fully saturated rings. The summed E-state index contributed by atoms with van der Waals surface area (Å²) in [7, 11) is 0. The van der Waals surface area contributed by atoms with E-state index < -0.39 is 11.7 Å². The number of halogens is 3. The van der Waals surface area contributed by atoms with E-state index in [4.69, 9.17) is 5.73 Å². The van der Waals surface area contributed by atoms with Crippen LogP contribution in [0.5, 0.6) is 0 Å². The Bertz CT molecular complexity index is 616. The highest BCUT2D eigenvalue weighted by Gasteiger charge is 2.31. The fourth-order valence-corrected chi connectivity index (χ4v) is 2.45. The molecule has 0 radical (unpaired) electrons. The van der Waals surface area contributed by atoms with Crippen molar-refractivity contribution >= 4 is 11.5 Å². The van der Waals surface area contributed by atoms with Gasteiger partial charge in [0.25, 0.3) is 0 Å². The number of nitrogens with one attached hydrogen (secondary N) is 1. The molecule has 106 valence electrons. The van der Waals surface area contributed by atoms with Crippen LogP contribution >= 0.6 is 0 Å². The molecule has 20 heavy (non-hydrogen) atoms. The summed E-state index contributed by atoms with van der Waals surface area (Å²) in [5.41, 5.74) is 6.48. The van der Waals surface area contributed by atoms with E-state index in [1.165, 1.54) is 12.1 Å². The van der Waals surface area contributed by atoms with Gasteiger partial charge >= 0.3 is 6.18 Å². The highest BCUT2D eigenvalue weighted by atomic mass is 19.4. The van der Waals surface area contributed by atoms with Crippen molar-refractivity contribution in [1.29, 1.82) is 0 Å². The predicted octanol–water partition coefficient (Wildman–Crippen LogP) is 2.89. The second kappa shape index (κ2) is 4.43. The van der Waals surface area contributed by atoms with Crippen LogP contribution in [-0.4, -0.2) is 16.3 Å². The van der Waals surface area contributed by atoms with E-state index in [-0.39, 0.29) is 6.04 Å². The van der Waals surface area contributed by atoms with Crippen LogP contribution in [0.2, 0.25) is 0 Å². The molecule has 1 aliphatic rings. The van der Waals surface area contributed by atoms with Gasteiger partial charge in [-0.25, -0.2) is 4.68 Å². The molecule has 2 aromatic rings. The molecule has 1 aromatic heterocycles. The first-order valence-corrected chi connectivity index (χ1v) is 6.21. The Morgan fingerprint density at radius 1 is 1.25 bits per heavy atom. The van der Waals surface area contributed by atoms with E-state index in [2.05, 4.69) is 10.4 Å². The Kier molecular flexibility index (Phi) is 2.84. The van der Waals surface area contributed by atoms with Crippen molar-refractivity contribution in [2.75, 3.05) is 17.6 Å². The number of fused-ring (bicyclic) bond motifs is 1. The van der Waals surface area contributed by atoms with Gasteiger partial charge in [-0.1, -0.05) is 12.1 Å². The average molecular weight is 282 g/mol. The van der Waals surface area contributed by atoms with Gasteiger partial charge in [0.1, 0.15) is 5.82 Å². The Morgan fingerprint density at radius 2 is 1.95 bits per heavy atom. The number of anilines is 2. The summed E-state index contributed by atoms with van der Waals surface area (Å²) in [6.45, 7) is 0.710. The van der Waals surface area contributed by atoms with Crippen LogP contribution < -0.4 is 11.1 Å². The zero-order valence-electron chi connectivity index (χ0n) is 10.5. The number of benzene rings is 1. The van der Waals surface area contributed by atoms with Crippen molar-refractivity contribution in [2.45, 2.75) is 18.6 Å². The molecule has 0 saturated carbocycles. The lowest BCUT2D eigenvalue weighted by atomic mass is 10.0. The number of rotatable bonds is 1. The summed E-state index contributed by atoms with van der Waals surface area (Å²) >= 11 is 0. The summed E-state index contributed by atoms with van der Waals surface area (Å²) in [6, 6.07) is 5.11. The van der Waals surface area contributed by atoms with Gasteiger partial charge in [0, 0.05) is 6.54 Å². The van der Waals surface area contributed by atoms with Crippen molar-refractivity contribution in [3.63, 3.8) is 0 Å². The standard InChI is InChI=1S/C13H13F3N4/c14-13(15,16)9-3-1-8(2-4-9)11-5-6-18-12-10(17)7-19-20(11)12/h1-4,7,11,18H,5-6,17H2. The van der Waals surface area contributed by atoms with Crippen LogP contribution in [0.3, 0.4) is 0 Å². The molecule has 3 rings (SSSR count). The van der Waals surface area contributed by atoms with Crippen molar-refractivity contribution in [1.82, 2.24) is 9.78 Å². The van der Waals surface area contributed by atoms with Gasteiger partial charge in [-0.3, -0.25) is 0 Å². The Balaban J connectivity index is 1.95. The third kappa shape index (κ3) is 2.09. The lowest BCUT2D eigenvalue weighted by molar-refractivity contribution is -0.137. The molecular formula is C13H13F3N4. The zero-order chi connectivity index (χ0) is 14.3. The molecule has 0 aliphatic carbocycles. The van der Waals surface area contributed by atoms with Gasteiger partial charge in [-0.15, -0.1) is 0 Å². The number of aromatic nitrogens is 2. The summed E-state index contributed by atoms with van der Waals surface area (Å²) in [5, 5.41) is 7.33. The van der Waals surface area contributed by atoms with Gasteiger partial charge in [-0.05, 0) is 24.1 Å². The van der Waals surface area contributed by atoms with Crippen molar-refractivity contribution < 1.29 is 13.2 Å². The first kappa shape index (κ1) is 12.8. The van der Waals surface area contributed by atoms with E-state index >= 15 is 0 Å². The summed E-state index contributed by atoms with van der Waals surface area (Å²) in [6.07, 6.45) is -2.02. The SMILES string of the molecule is Nc1cnn2c1NCCC2c1ccc(C(F)(F)F)cc1. The number of hydrogen-bond donors (Lipinski definition) is 2. The molecule has 4 nitrogen and oxygen atoms in total. The van der Waals surface area contributed by atoms with Crippen LogP contribution in [-0.2, 0) is 6.18 Å². The van der Waals surface area contributed by atoms with Crippen molar-refractivity contribution in [2.24, 2.45) is 0 Å². The zero-order valence-corrected chi connectivity index (χ0v) is 10.5. The molecule has 0 bridgehead atoms. The Morgan fingerprint density at radius 3 is 2.60 bits per heavy atom. The number of hydrogen-bond acceptors (Lipinski definition) is 3. The number of nitrogens with zero attached hydrogens (tertiary/aromatic N) is 2. The van der Waals surface area contributed by atoms with Crippen LogP contribution in [0.4, 0.5) is 24.7 Å². The van der Waals surface area contributed by atoms with E-state index in [1.54, 1.807) is 10.9 Å². The molecule has 3 N–H and O–H groups in total. The molecular weight excluding hydrogens is 269 g/mol. The molecule has 1 aliphatic heterocycles. The van der Waals surface area contributed by atoms with E-state index in [1.807, 2.05) is 0 Å². The number of nitrogens with two attached hydrogens (primary N) is 1. The molecule has 0 amide bonds. The highest BCUT2D eigenvalue weighted by molar-refractivity contribution is 5.62. The fourth-order valence-electron chi connectivity index (χ4n) is 2.45. The van der Waals surface area contributed by atoms with Gasteiger partial charge in [0.15, 0.2) is 0 Å². The van der Waals surface area contributed by atoms with Gasteiger partial charge in [0.05, 0.1) is 23.5 Å². The monoisotopic (exact) mass is 282 g/mol. The maximum absolute atomic E-state index is 12.6. The number of nitrogen functional groups attached to an aromatic ring is 1. The van der Waals surface area contributed by atoms with Gasteiger partial charge < -0.3 is 11.1 Å². The Hall–Kier alpha value is -2.18. The van der Waals surface area contributed by atoms with Gasteiger partial charge in [0.2, 0.25) is 0 Å². The predicted molar refractivity (Wildman–Crippen MR) is 69.3 cm³/mol. The highest BCUT2D eigenvalue weighted by Crippen LogP contribution is 2.34. The third-order valence-electron chi connectivity index (χ3n) is 3.45. The third-order valence-corrected chi connectivity index (χ3v) is 3.45. The quantitative estimate of drug-likeness (QED) is 0.845.